The van der Waals surface area contributed by atoms with Crippen LogP contribution in [-0.2, 0) is 16.1 Å². The van der Waals surface area contributed by atoms with Gasteiger partial charge in [-0.2, -0.15) is 0 Å². The molecule has 28 heavy (non-hydrogen) atoms. The highest BCUT2D eigenvalue weighted by Gasteiger charge is 2.24. The third kappa shape index (κ3) is 4.94. The molecule has 7 nitrogen and oxygen atoms in total. The van der Waals surface area contributed by atoms with Gasteiger partial charge in [-0.3, -0.25) is 9.36 Å². The van der Waals surface area contributed by atoms with E-state index in [0.29, 0.717) is 18.2 Å². The zero-order chi connectivity index (χ0) is 19.9. The van der Waals surface area contributed by atoms with Gasteiger partial charge in [0.25, 0.3) is 0 Å². The van der Waals surface area contributed by atoms with Crippen molar-refractivity contribution in [1.29, 1.82) is 0 Å². The molecule has 1 aromatic carbocycles. The van der Waals surface area contributed by atoms with Crippen LogP contribution in [0.25, 0.3) is 11.4 Å². The van der Waals surface area contributed by atoms with E-state index in [1.165, 1.54) is 11.8 Å². The highest BCUT2D eigenvalue weighted by molar-refractivity contribution is 8.00. The first kappa shape index (κ1) is 20.4. The summed E-state index contributed by atoms with van der Waals surface area (Å²) in [4.78, 5) is 12.2. The fraction of sp³-hybridized carbons (Fsp3) is 0.450. The van der Waals surface area contributed by atoms with Gasteiger partial charge in [0.15, 0.2) is 11.0 Å². The van der Waals surface area contributed by atoms with E-state index in [0.717, 1.165) is 36.6 Å². The first-order chi connectivity index (χ1) is 13.6. The van der Waals surface area contributed by atoms with Gasteiger partial charge >= 0.3 is 0 Å². The average molecular weight is 403 g/mol. The van der Waals surface area contributed by atoms with Gasteiger partial charge in [-0.1, -0.05) is 17.8 Å². The number of methoxy groups -OCH3 is 1. The Balaban J connectivity index is 1.85. The van der Waals surface area contributed by atoms with Gasteiger partial charge < -0.3 is 14.8 Å². The number of nitrogens with one attached hydrogen (secondary N) is 1. The summed E-state index contributed by atoms with van der Waals surface area (Å²) in [6.07, 6.45) is 3.88. The predicted molar refractivity (Wildman–Crippen MR) is 110 cm³/mol. The van der Waals surface area contributed by atoms with Gasteiger partial charge in [-0.25, -0.2) is 0 Å². The van der Waals surface area contributed by atoms with Crippen molar-refractivity contribution < 1.29 is 14.3 Å². The molecule has 2 aromatic rings. The number of amides is 1. The van der Waals surface area contributed by atoms with Crippen molar-refractivity contribution in [3.05, 3.63) is 36.9 Å². The van der Waals surface area contributed by atoms with Crippen LogP contribution in [0.5, 0.6) is 5.75 Å². The smallest absolute Gasteiger partial charge is 0.233 e. The number of carbonyl (C=O) groups is 1. The summed E-state index contributed by atoms with van der Waals surface area (Å²) in [5.41, 5.74) is 0.946. The largest absolute Gasteiger partial charge is 0.497 e. The van der Waals surface area contributed by atoms with Gasteiger partial charge in [-0.15, -0.1) is 16.8 Å². The van der Waals surface area contributed by atoms with E-state index in [-0.39, 0.29) is 17.3 Å². The molecule has 0 saturated carbocycles. The van der Waals surface area contributed by atoms with E-state index in [1.54, 1.807) is 13.2 Å². The molecule has 1 fully saturated rings. The van der Waals surface area contributed by atoms with Crippen LogP contribution < -0.4 is 10.1 Å². The summed E-state index contributed by atoms with van der Waals surface area (Å²) in [6.45, 7) is 7.39. The van der Waals surface area contributed by atoms with Gasteiger partial charge in [0.1, 0.15) is 5.75 Å². The Labute approximate surface area is 169 Å². The lowest BCUT2D eigenvalue weighted by Crippen LogP contribution is -2.31. The molecule has 3 rings (SSSR count). The molecule has 1 aromatic heterocycles. The SMILES string of the molecule is C=CCNC(=O)[C@@H](C)Sc1nnc(-c2ccc(OC)cc2)n1C[C@@H]1CCCO1. The number of rotatable bonds is 9. The van der Waals surface area contributed by atoms with E-state index in [2.05, 4.69) is 26.7 Å². The summed E-state index contributed by atoms with van der Waals surface area (Å²) in [7, 11) is 1.64. The molecule has 8 heteroatoms. The Morgan fingerprint density at radius 1 is 1.46 bits per heavy atom. The topological polar surface area (TPSA) is 78.3 Å². The van der Waals surface area contributed by atoms with E-state index in [1.807, 2.05) is 31.2 Å². The van der Waals surface area contributed by atoms with Crippen LogP contribution in [0.1, 0.15) is 19.8 Å². The molecule has 2 heterocycles. The lowest BCUT2D eigenvalue weighted by atomic mass is 10.2. The molecule has 1 aliphatic heterocycles. The summed E-state index contributed by atoms with van der Waals surface area (Å²) >= 11 is 1.40. The second-order valence-electron chi connectivity index (χ2n) is 6.57. The monoisotopic (exact) mass is 402 g/mol. The second kappa shape index (κ2) is 9.75. The van der Waals surface area contributed by atoms with E-state index in [4.69, 9.17) is 9.47 Å². The number of thioether (sulfide) groups is 1. The maximum Gasteiger partial charge on any atom is 0.233 e. The Hall–Kier alpha value is -2.32. The molecule has 0 unspecified atom stereocenters. The van der Waals surface area contributed by atoms with Gasteiger partial charge in [0.05, 0.1) is 25.0 Å². The quantitative estimate of drug-likeness (QED) is 0.513. The first-order valence-corrected chi connectivity index (χ1v) is 10.2. The van der Waals surface area contributed by atoms with Crippen LogP contribution in [0.3, 0.4) is 0 Å². The fourth-order valence-corrected chi connectivity index (χ4v) is 3.90. The van der Waals surface area contributed by atoms with Crippen molar-refractivity contribution in [2.24, 2.45) is 0 Å². The molecule has 1 saturated heterocycles. The molecule has 0 spiro atoms. The molecule has 0 aliphatic carbocycles. The molecule has 0 bridgehead atoms. The van der Waals surface area contributed by atoms with Gasteiger partial charge in [-0.05, 0) is 44.0 Å². The number of hydrogen-bond acceptors (Lipinski definition) is 6. The van der Waals surface area contributed by atoms with Gasteiger partial charge in [0.2, 0.25) is 5.91 Å². The van der Waals surface area contributed by atoms with E-state index < -0.39 is 0 Å². The van der Waals surface area contributed by atoms with Crippen LogP contribution in [0.4, 0.5) is 0 Å². The zero-order valence-corrected chi connectivity index (χ0v) is 17.1. The molecular weight excluding hydrogens is 376 g/mol. The first-order valence-electron chi connectivity index (χ1n) is 9.37. The number of nitrogens with zero attached hydrogens (tertiary/aromatic N) is 3. The number of benzene rings is 1. The minimum absolute atomic E-state index is 0.0532. The summed E-state index contributed by atoms with van der Waals surface area (Å²) in [5.74, 6) is 1.50. The third-order valence-electron chi connectivity index (χ3n) is 4.55. The van der Waals surface area contributed by atoms with Gasteiger partial charge in [0, 0.05) is 18.7 Å². The molecule has 2 atom stereocenters. The molecule has 1 N–H and O–H groups in total. The molecule has 0 radical (unpaired) electrons. The van der Waals surface area contributed by atoms with Crippen LogP contribution in [0, 0.1) is 0 Å². The van der Waals surface area contributed by atoms with E-state index >= 15 is 0 Å². The van der Waals surface area contributed by atoms with Crippen LogP contribution in [0.2, 0.25) is 0 Å². The second-order valence-corrected chi connectivity index (χ2v) is 7.88. The van der Waals surface area contributed by atoms with Crippen molar-refractivity contribution in [2.45, 2.75) is 42.8 Å². The van der Waals surface area contributed by atoms with Crippen LogP contribution in [0.15, 0.2) is 42.1 Å². The Morgan fingerprint density at radius 3 is 2.89 bits per heavy atom. The zero-order valence-electron chi connectivity index (χ0n) is 16.3. The normalized spacial score (nSPS) is 17.3. The maximum atomic E-state index is 12.2. The minimum atomic E-state index is -0.295. The van der Waals surface area contributed by atoms with E-state index in [9.17, 15) is 4.79 Å². The Morgan fingerprint density at radius 2 is 2.25 bits per heavy atom. The Bertz CT molecular complexity index is 800. The summed E-state index contributed by atoms with van der Waals surface area (Å²) < 4.78 is 13.1. The minimum Gasteiger partial charge on any atom is -0.497 e. The maximum absolute atomic E-state index is 12.2. The summed E-state index contributed by atoms with van der Waals surface area (Å²) in [6, 6.07) is 7.73. The van der Waals surface area contributed by atoms with Crippen molar-refractivity contribution in [3.8, 4) is 17.1 Å². The number of carbonyl (C=O) groups excluding carboxylic acids is 1. The summed E-state index contributed by atoms with van der Waals surface area (Å²) in [5, 5.41) is 12.0. The number of ether oxygens (including phenoxy) is 2. The molecule has 1 aliphatic rings. The standard InChI is InChI=1S/C20H26N4O3S/c1-4-11-21-19(25)14(2)28-20-23-22-18(15-7-9-16(26-3)10-8-15)24(20)13-17-6-5-12-27-17/h4,7-10,14,17H,1,5-6,11-13H2,2-3H3,(H,21,25)/t14-,17+/m1/s1. The highest BCUT2D eigenvalue weighted by atomic mass is 32.2. The lowest BCUT2D eigenvalue weighted by molar-refractivity contribution is -0.120. The Kier molecular flexibility index (Phi) is 7.11. The van der Waals surface area contributed by atoms with Crippen LogP contribution >= 0.6 is 11.8 Å². The van der Waals surface area contributed by atoms with Crippen molar-refractivity contribution >= 4 is 17.7 Å². The highest BCUT2D eigenvalue weighted by Crippen LogP contribution is 2.29. The molecule has 150 valence electrons. The third-order valence-corrected chi connectivity index (χ3v) is 5.63. The lowest BCUT2D eigenvalue weighted by Gasteiger charge is -2.16. The molecular formula is C20H26N4O3S. The van der Waals surface area contributed by atoms with Crippen molar-refractivity contribution in [3.63, 3.8) is 0 Å². The number of aromatic nitrogens is 3. The predicted octanol–water partition coefficient (Wildman–Crippen LogP) is 2.92. The van der Waals surface area contributed by atoms with Crippen molar-refractivity contribution in [1.82, 2.24) is 20.1 Å². The fourth-order valence-electron chi connectivity index (χ4n) is 3.01. The van der Waals surface area contributed by atoms with Crippen LogP contribution in [-0.4, -0.2) is 52.3 Å². The average Bonchev–Trinajstić information content (AvgIpc) is 3.37. The van der Waals surface area contributed by atoms with Crippen molar-refractivity contribution in [2.75, 3.05) is 20.3 Å². The molecule has 1 amide bonds. The number of hydrogen-bond donors (Lipinski definition) is 1.